The van der Waals surface area contributed by atoms with Crippen molar-refractivity contribution in [2.75, 3.05) is 4.90 Å². The Hall–Kier alpha value is -6.56. The molecule has 0 radical (unpaired) electrons. The number of para-hydroxylation sites is 1. The molecule has 0 saturated carbocycles. The summed E-state index contributed by atoms with van der Waals surface area (Å²) in [5.74, 6) is 0.683. The van der Waals surface area contributed by atoms with E-state index in [1.807, 2.05) is 18.2 Å². The number of thiophene rings is 1. The van der Waals surface area contributed by atoms with Gasteiger partial charge >= 0.3 is 0 Å². The molecule has 0 amide bonds. The number of benzene rings is 7. The Labute approximate surface area is 298 Å². The molecule has 3 aromatic heterocycles. The highest BCUT2D eigenvalue weighted by atomic mass is 32.1. The van der Waals surface area contributed by atoms with Crippen molar-refractivity contribution in [3.63, 3.8) is 0 Å². The highest BCUT2D eigenvalue weighted by Gasteiger charge is 2.19. The number of aromatic nitrogens is 2. The van der Waals surface area contributed by atoms with E-state index in [0.717, 1.165) is 71.4 Å². The van der Waals surface area contributed by atoms with Crippen molar-refractivity contribution >= 4 is 70.6 Å². The summed E-state index contributed by atoms with van der Waals surface area (Å²) < 4.78 is 8.93. The summed E-state index contributed by atoms with van der Waals surface area (Å²) in [6.07, 6.45) is 0. The first-order chi connectivity index (χ1) is 25.3. The number of nitrogens with zero attached hydrogens (tertiary/aromatic N) is 3. The van der Waals surface area contributed by atoms with Crippen LogP contribution in [0.4, 0.5) is 17.1 Å². The number of rotatable bonds is 6. The molecule has 51 heavy (non-hydrogen) atoms. The molecule has 7 aromatic carbocycles. The summed E-state index contributed by atoms with van der Waals surface area (Å²) >= 11 is 1.74. The Morgan fingerprint density at radius 1 is 0.431 bits per heavy atom. The molecule has 0 N–H and O–H groups in total. The van der Waals surface area contributed by atoms with Gasteiger partial charge in [0.05, 0.1) is 15.9 Å². The summed E-state index contributed by atoms with van der Waals surface area (Å²) in [7, 11) is 0. The molecule has 0 aliphatic rings. The van der Waals surface area contributed by atoms with Crippen LogP contribution in [0, 0.1) is 0 Å². The second-order valence-electron chi connectivity index (χ2n) is 12.6. The topological polar surface area (TPSA) is 42.2 Å². The van der Waals surface area contributed by atoms with Crippen LogP contribution in [-0.2, 0) is 0 Å². The standard InChI is InChI=1S/C46H29N3OS/c1-4-12-30(13-5-1)31-20-23-35(24-21-31)49(34-16-8-3-9-17-34)36-25-27-38-37-26-22-33(28-40(37)50-41(38)29-36)46-47-43(32-14-6-2-7-15-32)45-44(48-46)39-18-10-11-19-42(39)51-45/h1-29H. The Morgan fingerprint density at radius 3 is 1.76 bits per heavy atom. The van der Waals surface area contributed by atoms with Crippen molar-refractivity contribution in [3.05, 3.63) is 176 Å². The largest absolute Gasteiger partial charge is 0.456 e. The first-order valence-corrected chi connectivity index (χ1v) is 17.8. The normalized spacial score (nSPS) is 11.5. The Morgan fingerprint density at radius 2 is 1.00 bits per heavy atom. The van der Waals surface area contributed by atoms with Gasteiger partial charge in [-0.1, -0.05) is 115 Å². The lowest BCUT2D eigenvalue weighted by molar-refractivity contribution is 0.669. The van der Waals surface area contributed by atoms with Gasteiger partial charge in [-0.3, -0.25) is 0 Å². The van der Waals surface area contributed by atoms with Crippen molar-refractivity contribution in [2.45, 2.75) is 0 Å². The van der Waals surface area contributed by atoms with Crippen LogP contribution in [0.1, 0.15) is 0 Å². The third-order valence-corrected chi connectivity index (χ3v) is 10.7. The average molecular weight is 672 g/mol. The number of hydrogen-bond acceptors (Lipinski definition) is 5. The first kappa shape index (κ1) is 29.4. The molecule has 3 heterocycles. The zero-order valence-corrected chi connectivity index (χ0v) is 28.2. The molecule has 0 bridgehead atoms. The lowest BCUT2D eigenvalue weighted by Gasteiger charge is -2.25. The molecule has 0 spiro atoms. The molecular weight excluding hydrogens is 643 g/mol. The van der Waals surface area contributed by atoms with Gasteiger partial charge in [0.1, 0.15) is 11.2 Å². The highest BCUT2D eigenvalue weighted by molar-refractivity contribution is 7.26. The maximum absolute atomic E-state index is 6.63. The second kappa shape index (κ2) is 12.1. The van der Waals surface area contributed by atoms with Crippen molar-refractivity contribution in [1.29, 1.82) is 0 Å². The fourth-order valence-electron chi connectivity index (χ4n) is 7.01. The summed E-state index contributed by atoms with van der Waals surface area (Å²) in [6.45, 7) is 0. The third-order valence-electron chi connectivity index (χ3n) is 9.49. The summed E-state index contributed by atoms with van der Waals surface area (Å²) in [4.78, 5) is 12.6. The predicted octanol–water partition coefficient (Wildman–Crippen LogP) is 13.2. The zero-order valence-electron chi connectivity index (χ0n) is 27.4. The van der Waals surface area contributed by atoms with E-state index in [-0.39, 0.29) is 0 Å². The van der Waals surface area contributed by atoms with Crippen LogP contribution in [0.25, 0.3) is 76.0 Å². The van der Waals surface area contributed by atoms with E-state index >= 15 is 0 Å². The number of hydrogen-bond donors (Lipinski definition) is 0. The van der Waals surface area contributed by atoms with Gasteiger partial charge in [-0.2, -0.15) is 0 Å². The van der Waals surface area contributed by atoms with E-state index in [2.05, 4.69) is 163 Å². The lowest BCUT2D eigenvalue weighted by atomic mass is 10.0. The fraction of sp³-hybridized carbons (Fsp3) is 0. The van der Waals surface area contributed by atoms with E-state index in [9.17, 15) is 0 Å². The molecule has 10 aromatic rings. The zero-order chi connectivity index (χ0) is 33.7. The van der Waals surface area contributed by atoms with Gasteiger partial charge in [-0.25, -0.2) is 9.97 Å². The van der Waals surface area contributed by atoms with Crippen molar-refractivity contribution in [2.24, 2.45) is 0 Å². The van der Waals surface area contributed by atoms with E-state index in [0.29, 0.717) is 5.82 Å². The summed E-state index contributed by atoms with van der Waals surface area (Å²) in [6, 6.07) is 61.3. The number of fused-ring (bicyclic) bond motifs is 6. The summed E-state index contributed by atoms with van der Waals surface area (Å²) in [5.41, 5.74) is 11.1. The fourth-order valence-corrected chi connectivity index (χ4v) is 8.17. The molecule has 0 aliphatic heterocycles. The monoisotopic (exact) mass is 671 g/mol. The van der Waals surface area contributed by atoms with Crippen LogP contribution < -0.4 is 4.90 Å². The van der Waals surface area contributed by atoms with E-state index < -0.39 is 0 Å². The van der Waals surface area contributed by atoms with Gasteiger partial charge < -0.3 is 9.32 Å². The lowest BCUT2D eigenvalue weighted by Crippen LogP contribution is -2.09. The molecule has 5 heteroatoms. The van der Waals surface area contributed by atoms with Crippen LogP contribution in [0.15, 0.2) is 180 Å². The van der Waals surface area contributed by atoms with E-state index in [1.165, 1.54) is 15.8 Å². The number of furan rings is 1. The molecule has 4 nitrogen and oxygen atoms in total. The van der Waals surface area contributed by atoms with Crippen molar-refractivity contribution in [1.82, 2.24) is 9.97 Å². The van der Waals surface area contributed by atoms with Gasteiger partial charge in [0.2, 0.25) is 0 Å². The minimum Gasteiger partial charge on any atom is -0.456 e. The first-order valence-electron chi connectivity index (χ1n) is 17.0. The van der Waals surface area contributed by atoms with E-state index in [1.54, 1.807) is 11.3 Å². The summed E-state index contributed by atoms with van der Waals surface area (Å²) in [5, 5.41) is 3.27. The molecule has 0 fully saturated rings. The van der Waals surface area contributed by atoms with Crippen molar-refractivity contribution in [3.8, 4) is 33.8 Å². The van der Waals surface area contributed by atoms with Gasteiger partial charge in [0.15, 0.2) is 5.82 Å². The maximum atomic E-state index is 6.63. The Kier molecular flexibility index (Phi) is 6.96. The molecule has 240 valence electrons. The number of anilines is 3. The maximum Gasteiger partial charge on any atom is 0.160 e. The minimum atomic E-state index is 0.683. The Balaban J connectivity index is 1.08. The van der Waals surface area contributed by atoms with Crippen LogP contribution >= 0.6 is 11.3 Å². The average Bonchev–Trinajstić information content (AvgIpc) is 3.76. The van der Waals surface area contributed by atoms with Gasteiger partial charge in [0, 0.05) is 55.1 Å². The van der Waals surface area contributed by atoms with Crippen LogP contribution in [0.2, 0.25) is 0 Å². The molecule has 0 aliphatic carbocycles. The van der Waals surface area contributed by atoms with E-state index in [4.69, 9.17) is 14.4 Å². The molecule has 10 rings (SSSR count). The third kappa shape index (κ3) is 5.14. The molecule has 0 unspecified atom stereocenters. The highest BCUT2D eigenvalue weighted by Crippen LogP contribution is 2.42. The van der Waals surface area contributed by atoms with Crippen LogP contribution in [-0.4, -0.2) is 9.97 Å². The minimum absolute atomic E-state index is 0.683. The van der Waals surface area contributed by atoms with Crippen molar-refractivity contribution < 1.29 is 4.42 Å². The molecule has 0 saturated heterocycles. The molecule has 0 atom stereocenters. The quantitative estimate of drug-likeness (QED) is 0.176. The van der Waals surface area contributed by atoms with Crippen LogP contribution in [0.3, 0.4) is 0 Å². The molecular formula is C46H29N3OS. The van der Waals surface area contributed by atoms with Gasteiger partial charge in [-0.05, 0) is 65.7 Å². The van der Waals surface area contributed by atoms with Gasteiger partial charge in [0.25, 0.3) is 0 Å². The smallest absolute Gasteiger partial charge is 0.160 e. The SMILES string of the molecule is c1ccc(-c2ccc(N(c3ccccc3)c3ccc4c(c3)oc3cc(-c5nc(-c6ccccc6)c6sc7ccccc7c6n5)ccc34)cc2)cc1. The van der Waals surface area contributed by atoms with Gasteiger partial charge in [-0.15, -0.1) is 11.3 Å². The predicted molar refractivity (Wildman–Crippen MR) is 213 cm³/mol. The Bertz CT molecular complexity index is 2840. The second-order valence-corrected chi connectivity index (χ2v) is 13.7. The van der Waals surface area contributed by atoms with Crippen LogP contribution in [0.5, 0.6) is 0 Å².